The second-order valence-electron chi connectivity index (χ2n) is 3.65. The number of rotatable bonds is 2. The number of ether oxygens (including phenoxy) is 1. The van der Waals surface area contributed by atoms with Gasteiger partial charge in [-0.1, -0.05) is 17.7 Å². The van der Waals surface area contributed by atoms with Crippen LogP contribution in [0.25, 0.3) is 0 Å². The minimum Gasteiger partial charge on any atom is -0.489 e. The lowest BCUT2D eigenvalue weighted by Crippen LogP contribution is -2.17. The molecule has 0 aliphatic carbocycles. The molecule has 1 atom stereocenters. The number of fused-ring (bicyclic) bond motifs is 1. The molecule has 0 aromatic heterocycles. The highest BCUT2D eigenvalue weighted by Gasteiger charge is 2.24. The number of aliphatic carboxylic acids is 1. The summed E-state index contributed by atoms with van der Waals surface area (Å²) in [4.78, 5) is 10.5. The van der Waals surface area contributed by atoms with Crippen LogP contribution in [-0.2, 0) is 11.2 Å². The number of hydrogen-bond donors (Lipinski definition) is 1. The van der Waals surface area contributed by atoms with Crippen molar-refractivity contribution in [3.05, 3.63) is 29.3 Å². The van der Waals surface area contributed by atoms with Crippen LogP contribution in [0.5, 0.6) is 5.75 Å². The van der Waals surface area contributed by atoms with Crippen molar-refractivity contribution in [1.29, 1.82) is 0 Å². The van der Waals surface area contributed by atoms with Gasteiger partial charge in [0.05, 0.1) is 6.42 Å². The zero-order valence-corrected chi connectivity index (χ0v) is 7.99. The van der Waals surface area contributed by atoms with E-state index in [0.29, 0.717) is 6.42 Å². The Labute approximate surface area is 82.3 Å². The number of hydrogen-bond acceptors (Lipinski definition) is 2. The lowest BCUT2D eigenvalue weighted by atomic mass is 10.1. The molecule has 1 aliphatic heterocycles. The molecule has 1 aliphatic rings. The average molecular weight is 192 g/mol. The van der Waals surface area contributed by atoms with Gasteiger partial charge in [0.2, 0.25) is 0 Å². The monoisotopic (exact) mass is 192 g/mol. The Morgan fingerprint density at radius 1 is 1.64 bits per heavy atom. The number of aryl methyl sites for hydroxylation is 1. The van der Waals surface area contributed by atoms with E-state index in [4.69, 9.17) is 9.84 Å². The van der Waals surface area contributed by atoms with Crippen molar-refractivity contribution in [1.82, 2.24) is 0 Å². The van der Waals surface area contributed by atoms with Gasteiger partial charge < -0.3 is 9.84 Å². The van der Waals surface area contributed by atoms with Crippen LogP contribution in [0.15, 0.2) is 18.2 Å². The summed E-state index contributed by atoms with van der Waals surface area (Å²) < 4.78 is 5.49. The number of carboxylic acid groups (broad SMARTS) is 1. The van der Waals surface area contributed by atoms with Crippen molar-refractivity contribution < 1.29 is 14.6 Å². The topological polar surface area (TPSA) is 46.5 Å². The lowest BCUT2D eigenvalue weighted by Gasteiger charge is -2.06. The fourth-order valence-corrected chi connectivity index (χ4v) is 1.76. The number of carboxylic acids is 1. The van der Waals surface area contributed by atoms with Gasteiger partial charge in [0.15, 0.2) is 0 Å². The molecule has 0 spiro atoms. The molecule has 1 aromatic rings. The van der Waals surface area contributed by atoms with Crippen molar-refractivity contribution in [3.63, 3.8) is 0 Å². The van der Waals surface area contributed by atoms with E-state index in [1.807, 2.05) is 19.1 Å². The van der Waals surface area contributed by atoms with Crippen LogP contribution in [0, 0.1) is 6.92 Å². The molecule has 0 radical (unpaired) electrons. The summed E-state index contributed by atoms with van der Waals surface area (Å²) in [6.45, 7) is 2.02. The quantitative estimate of drug-likeness (QED) is 0.776. The minimum absolute atomic E-state index is 0.0771. The maximum absolute atomic E-state index is 10.5. The first-order valence-corrected chi connectivity index (χ1v) is 4.63. The fourth-order valence-electron chi connectivity index (χ4n) is 1.76. The molecular weight excluding hydrogens is 180 g/mol. The predicted molar refractivity (Wildman–Crippen MR) is 51.6 cm³/mol. The zero-order chi connectivity index (χ0) is 10.1. The SMILES string of the molecule is Cc1ccc2c(c1)C[C@H](CC(=O)O)O2. The largest absolute Gasteiger partial charge is 0.489 e. The Bertz CT molecular complexity index is 371. The smallest absolute Gasteiger partial charge is 0.307 e. The molecule has 74 valence electrons. The van der Waals surface area contributed by atoms with Crippen molar-refractivity contribution in [2.24, 2.45) is 0 Å². The van der Waals surface area contributed by atoms with Crippen molar-refractivity contribution in [3.8, 4) is 5.75 Å². The summed E-state index contributed by atoms with van der Waals surface area (Å²) in [5, 5.41) is 8.63. The third kappa shape index (κ3) is 1.71. The molecule has 0 fully saturated rings. The van der Waals surface area contributed by atoms with Gasteiger partial charge in [0.1, 0.15) is 11.9 Å². The Balaban J connectivity index is 2.14. The second-order valence-corrected chi connectivity index (χ2v) is 3.65. The van der Waals surface area contributed by atoms with Crippen molar-refractivity contribution in [2.75, 3.05) is 0 Å². The summed E-state index contributed by atoms with van der Waals surface area (Å²) >= 11 is 0. The Kier molecular flexibility index (Phi) is 2.15. The van der Waals surface area contributed by atoms with Gasteiger partial charge >= 0.3 is 5.97 Å². The molecule has 0 unspecified atom stereocenters. The molecule has 3 heteroatoms. The lowest BCUT2D eigenvalue weighted by molar-refractivity contribution is -0.138. The summed E-state index contributed by atoms with van der Waals surface area (Å²) in [6.07, 6.45) is 0.598. The molecule has 0 bridgehead atoms. The summed E-state index contributed by atoms with van der Waals surface area (Å²) in [7, 11) is 0. The number of carbonyl (C=O) groups is 1. The molecule has 0 saturated carbocycles. The molecule has 0 amide bonds. The van der Waals surface area contributed by atoms with E-state index >= 15 is 0 Å². The van der Waals surface area contributed by atoms with Gasteiger partial charge in [0, 0.05) is 6.42 Å². The Morgan fingerprint density at radius 2 is 2.43 bits per heavy atom. The van der Waals surface area contributed by atoms with Gasteiger partial charge in [-0.3, -0.25) is 4.79 Å². The van der Waals surface area contributed by atoms with E-state index in [1.54, 1.807) is 0 Å². The molecule has 2 rings (SSSR count). The molecule has 1 aromatic carbocycles. The van der Waals surface area contributed by atoms with Gasteiger partial charge in [0.25, 0.3) is 0 Å². The van der Waals surface area contributed by atoms with Crippen LogP contribution >= 0.6 is 0 Å². The summed E-state index contributed by atoms with van der Waals surface area (Å²) in [6, 6.07) is 5.94. The highest BCUT2D eigenvalue weighted by atomic mass is 16.5. The van der Waals surface area contributed by atoms with E-state index in [2.05, 4.69) is 6.07 Å². The standard InChI is InChI=1S/C11H12O3/c1-7-2-3-10-8(4-7)5-9(14-10)6-11(12)13/h2-4,9H,5-6H2,1H3,(H,12,13)/t9-/m1/s1. The van der Waals surface area contributed by atoms with E-state index in [9.17, 15) is 4.79 Å². The van der Waals surface area contributed by atoms with Crippen molar-refractivity contribution >= 4 is 5.97 Å². The molecule has 1 N–H and O–H groups in total. The van der Waals surface area contributed by atoms with Gasteiger partial charge in [-0.15, -0.1) is 0 Å². The zero-order valence-electron chi connectivity index (χ0n) is 7.99. The first-order chi connectivity index (χ1) is 6.65. The van der Waals surface area contributed by atoms with Gasteiger partial charge in [-0.25, -0.2) is 0 Å². The van der Waals surface area contributed by atoms with Crippen LogP contribution in [0.4, 0.5) is 0 Å². The summed E-state index contributed by atoms with van der Waals surface area (Å²) in [5.41, 5.74) is 2.31. The van der Waals surface area contributed by atoms with E-state index in [0.717, 1.165) is 11.3 Å². The van der Waals surface area contributed by atoms with Crippen LogP contribution in [0.1, 0.15) is 17.5 Å². The highest BCUT2D eigenvalue weighted by Crippen LogP contribution is 2.30. The van der Waals surface area contributed by atoms with Crippen LogP contribution in [0.2, 0.25) is 0 Å². The van der Waals surface area contributed by atoms with E-state index in [-0.39, 0.29) is 12.5 Å². The molecule has 14 heavy (non-hydrogen) atoms. The normalized spacial score (nSPS) is 18.8. The minimum atomic E-state index is -0.806. The maximum atomic E-state index is 10.5. The number of benzene rings is 1. The molecule has 0 saturated heterocycles. The van der Waals surface area contributed by atoms with Crippen LogP contribution in [0.3, 0.4) is 0 Å². The van der Waals surface area contributed by atoms with Gasteiger partial charge in [-0.2, -0.15) is 0 Å². The third-order valence-electron chi connectivity index (χ3n) is 2.36. The predicted octanol–water partition coefficient (Wildman–Crippen LogP) is 1.77. The third-order valence-corrected chi connectivity index (χ3v) is 2.36. The molecular formula is C11H12O3. The fraction of sp³-hybridized carbons (Fsp3) is 0.364. The Hall–Kier alpha value is -1.51. The molecule has 3 nitrogen and oxygen atoms in total. The first-order valence-electron chi connectivity index (χ1n) is 4.63. The van der Waals surface area contributed by atoms with Crippen molar-refractivity contribution in [2.45, 2.75) is 25.9 Å². The van der Waals surface area contributed by atoms with E-state index in [1.165, 1.54) is 5.56 Å². The van der Waals surface area contributed by atoms with Gasteiger partial charge in [-0.05, 0) is 18.6 Å². The van der Waals surface area contributed by atoms with E-state index < -0.39 is 5.97 Å². The maximum Gasteiger partial charge on any atom is 0.307 e. The van der Waals surface area contributed by atoms with Crippen LogP contribution < -0.4 is 4.74 Å². The first kappa shape index (κ1) is 9.06. The second kappa shape index (κ2) is 3.33. The Morgan fingerprint density at radius 3 is 3.14 bits per heavy atom. The molecule has 1 heterocycles. The average Bonchev–Trinajstić information content (AvgIpc) is 2.44. The highest BCUT2D eigenvalue weighted by molar-refractivity contribution is 5.67. The summed E-state index contributed by atoms with van der Waals surface area (Å²) in [5.74, 6) is 0.0291. The van der Waals surface area contributed by atoms with Crippen LogP contribution in [-0.4, -0.2) is 17.2 Å².